The highest BCUT2D eigenvalue weighted by atomic mass is 35.5. The van der Waals surface area contributed by atoms with Gasteiger partial charge >= 0.3 is 0 Å². The second kappa shape index (κ2) is 7.05. The van der Waals surface area contributed by atoms with E-state index in [1.165, 1.54) is 6.92 Å². The van der Waals surface area contributed by atoms with Crippen molar-refractivity contribution in [1.29, 1.82) is 0 Å². The third-order valence-corrected chi connectivity index (χ3v) is 3.45. The number of nitrogens with one attached hydrogen (secondary N) is 1. The first-order chi connectivity index (χ1) is 10.5. The monoisotopic (exact) mass is 313 g/mol. The van der Waals surface area contributed by atoms with Crippen molar-refractivity contribution in [1.82, 2.24) is 0 Å². The average Bonchev–Trinajstić information content (AvgIpc) is 2.48. The van der Waals surface area contributed by atoms with Gasteiger partial charge in [0.15, 0.2) is 5.78 Å². The van der Waals surface area contributed by atoms with Gasteiger partial charge in [0.05, 0.1) is 5.57 Å². The van der Waals surface area contributed by atoms with Gasteiger partial charge in [-0.15, -0.1) is 0 Å². The van der Waals surface area contributed by atoms with Crippen molar-refractivity contribution in [3.05, 3.63) is 70.3 Å². The minimum Gasteiger partial charge on any atom is -0.322 e. The molecule has 4 heteroatoms. The molecule has 0 atom stereocenters. The van der Waals surface area contributed by atoms with Gasteiger partial charge in [-0.3, -0.25) is 9.59 Å². The topological polar surface area (TPSA) is 46.2 Å². The molecule has 0 bridgehead atoms. The van der Waals surface area contributed by atoms with E-state index < -0.39 is 5.91 Å². The Morgan fingerprint density at radius 1 is 1.05 bits per heavy atom. The molecule has 2 aromatic rings. The van der Waals surface area contributed by atoms with E-state index >= 15 is 0 Å². The Morgan fingerprint density at radius 2 is 1.68 bits per heavy atom. The number of benzene rings is 2. The second-order valence-corrected chi connectivity index (χ2v) is 5.37. The van der Waals surface area contributed by atoms with E-state index in [0.717, 1.165) is 11.1 Å². The summed E-state index contributed by atoms with van der Waals surface area (Å²) in [6, 6.07) is 14.4. The number of para-hydroxylation sites is 1. The molecule has 0 aliphatic rings. The van der Waals surface area contributed by atoms with Crippen LogP contribution in [0.25, 0.3) is 6.08 Å². The number of aryl methyl sites for hydroxylation is 1. The molecule has 2 rings (SSSR count). The fraction of sp³-hybridized carbons (Fsp3) is 0.111. The molecular formula is C18H16ClNO2. The lowest BCUT2D eigenvalue weighted by atomic mass is 10.1. The number of amides is 1. The molecular weight excluding hydrogens is 298 g/mol. The number of hydrogen-bond donors (Lipinski definition) is 1. The van der Waals surface area contributed by atoms with Gasteiger partial charge in [-0.1, -0.05) is 41.9 Å². The maximum absolute atomic E-state index is 12.4. The summed E-state index contributed by atoms with van der Waals surface area (Å²) in [5.74, 6) is -0.710. The van der Waals surface area contributed by atoms with Crippen molar-refractivity contribution in [2.24, 2.45) is 0 Å². The van der Waals surface area contributed by atoms with Crippen molar-refractivity contribution >= 4 is 35.1 Å². The molecule has 0 heterocycles. The minimum atomic E-state index is -0.420. The molecule has 0 spiro atoms. The van der Waals surface area contributed by atoms with Crippen LogP contribution in [0.4, 0.5) is 5.69 Å². The van der Waals surface area contributed by atoms with E-state index in [2.05, 4.69) is 5.32 Å². The van der Waals surface area contributed by atoms with Crippen LogP contribution < -0.4 is 5.32 Å². The number of Topliss-reactive ketones (excluding diaryl/α,β-unsaturated/α-hetero) is 1. The summed E-state index contributed by atoms with van der Waals surface area (Å²) in [6.07, 6.45) is 1.56. The van der Waals surface area contributed by atoms with Crippen molar-refractivity contribution in [2.75, 3.05) is 5.32 Å². The Balaban J connectivity index is 2.28. The Hall–Kier alpha value is -2.39. The van der Waals surface area contributed by atoms with Crippen LogP contribution >= 0.6 is 11.6 Å². The van der Waals surface area contributed by atoms with Gasteiger partial charge in [0.25, 0.3) is 5.91 Å². The molecule has 2 aromatic carbocycles. The van der Waals surface area contributed by atoms with Gasteiger partial charge in [-0.2, -0.15) is 0 Å². The van der Waals surface area contributed by atoms with E-state index in [1.807, 2.05) is 25.1 Å². The predicted octanol–water partition coefficient (Wildman–Crippen LogP) is 4.26. The predicted molar refractivity (Wildman–Crippen MR) is 89.9 cm³/mol. The molecule has 1 N–H and O–H groups in total. The molecule has 1 amide bonds. The molecule has 0 aliphatic heterocycles. The number of halogens is 1. The summed E-state index contributed by atoms with van der Waals surface area (Å²) in [5.41, 5.74) is 2.47. The Bertz CT molecular complexity index is 733. The highest BCUT2D eigenvalue weighted by Gasteiger charge is 2.15. The maximum atomic E-state index is 12.4. The van der Waals surface area contributed by atoms with Crippen molar-refractivity contribution in [3.8, 4) is 0 Å². The molecule has 0 aliphatic carbocycles. The highest BCUT2D eigenvalue weighted by molar-refractivity contribution is 6.30. The molecule has 0 saturated heterocycles. The molecule has 0 fully saturated rings. The van der Waals surface area contributed by atoms with Crippen molar-refractivity contribution in [3.63, 3.8) is 0 Å². The van der Waals surface area contributed by atoms with Gasteiger partial charge in [-0.25, -0.2) is 0 Å². The molecule has 0 radical (unpaired) electrons. The van der Waals surface area contributed by atoms with Crippen LogP contribution in [0.3, 0.4) is 0 Å². The first-order valence-corrected chi connectivity index (χ1v) is 7.20. The molecule has 0 saturated carbocycles. The number of anilines is 1. The van der Waals surface area contributed by atoms with Gasteiger partial charge in [-0.05, 0) is 49.2 Å². The number of hydrogen-bond acceptors (Lipinski definition) is 2. The van der Waals surface area contributed by atoms with Crippen molar-refractivity contribution in [2.45, 2.75) is 13.8 Å². The Morgan fingerprint density at radius 3 is 2.27 bits per heavy atom. The normalized spacial score (nSPS) is 11.1. The maximum Gasteiger partial charge on any atom is 0.259 e. The standard InChI is InChI=1S/C18H16ClNO2/c1-12-5-3-4-6-17(12)20-18(22)16(13(2)21)11-14-7-9-15(19)10-8-14/h3-11H,1-2H3,(H,20,22)/b16-11-. The highest BCUT2D eigenvalue weighted by Crippen LogP contribution is 2.17. The summed E-state index contributed by atoms with van der Waals surface area (Å²) >= 11 is 5.83. The molecule has 0 unspecified atom stereocenters. The average molecular weight is 314 g/mol. The quantitative estimate of drug-likeness (QED) is 0.521. The summed E-state index contributed by atoms with van der Waals surface area (Å²) < 4.78 is 0. The van der Waals surface area contributed by atoms with Crippen LogP contribution in [0.1, 0.15) is 18.1 Å². The van der Waals surface area contributed by atoms with Gasteiger partial charge in [0, 0.05) is 10.7 Å². The van der Waals surface area contributed by atoms with Crippen LogP contribution in [0, 0.1) is 6.92 Å². The van der Waals surface area contributed by atoms with Crippen molar-refractivity contribution < 1.29 is 9.59 Å². The van der Waals surface area contributed by atoms with Crippen LogP contribution in [-0.2, 0) is 9.59 Å². The zero-order chi connectivity index (χ0) is 16.1. The molecule has 3 nitrogen and oxygen atoms in total. The van der Waals surface area contributed by atoms with Crippen LogP contribution in [0.5, 0.6) is 0 Å². The summed E-state index contributed by atoms with van der Waals surface area (Å²) in [4.78, 5) is 24.1. The fourth-order valence-corrected chi connectivity index (χ4v) is 2.08. The summed E-state index contributed by atoms with van der Waals surface area (Å²) in [7, 11) is 0. The number of rotatable bonds is 4. The lowest BCUT2D eigenvalue weighted by molar-refractivity contribution is -0.118. The van der Waals surface area contributed by atoms with E-state index in [4.69, 9.17) is 11.6 Å². The first-order valence-electron chi connectivity index (χ1n) is 6.82. The SMILES string of the molecule is CC(=O)/C(=C/c1ccc(Cl)cc1)C(=O)Nc1ccccc1C. The van der Waals surface area contributed by atoms with E-state index in [-0.39, 0.29) is 11.4 Å². The number of carbonyl (C=O) groups is 2. The number of carbonyl (C=O) groups excluding carboxylic acids is 2. The lowest BCUT2D eigenvalue weighted by Crippen LogP contribution is -2.19. The van der Waals surface area contributed by atoms with E-state index in [1.54, 1.807) is 36.4 Å². The zero-order valence-electron chi connectivity index (χ0n) is 12.4. The fourth-order valence-electron chi connectivity index (χ4n) is 1.96. The van der Waals surface area contributed by atoms with E-state index in [0.29, 0.717) is 10.7 Å². The molecule has 112 valence electrons. The third-order valence-electron chi connectivity index (χ3n) is 3.20. The summed E-state index contributed by atoms with van der Waals surface area (Å²) in [6.45, 7) is 3.27. The second-order valence-electron chi connectivity index (χ2n) is 4.93. The minimum absolute atomic E-state index is 0.102. The smallest absolute Gasteiger partial charge is 0.259 e. The van der Waals surface area contributed by atoms with Gasteiger partial charge in [0.2, 0.25) is 0 Å². The van der Waals surface area contributed by atoms with Crippen LogP contribution in [-0.4, -0.2) is 11.7 Å². The van der Waals surface area contributed by atoms with Crippen LogP contribution in [0.2, 0.25) is 5.02 Å². The Kier molecular flexibility index (Phi) is 5.12. The van der Waals surface area contributed by atoms with Crippen LogP contribution in [0.15, 0.2) is 54.1 Å². The third kappa shape index (κ3) is 4.06. The largest absolute Gasteiger partial charge is 0.322 e. The van der Waals surface area contributed by atoms with E-state index in [9.17, 15) is 9.59 Å². The molecule has 0 aromatic heterocycles. The Labute approximate surface area is 134 Å². The van der Waals surface area contributed by atoms with Gasteiger partial charge < -0.3 is 5.32 Å². The number of ketones is 1. The summed E-state index contributed by atoms with van der Waals surface area (Å²) in [5, 5.41) is 3.37. The van der Waals surface area contributed by atoms with Gasteiger partial charge in [0.1, 0.15) is 0 Å². The molecule has 22 heavy (non-hydrogen) atoms. The lowest BCUT2D eigenvalue weighted by Gasteiger charge is -2.09. The first kappa shape index (κ1) is 16.0. The zero-order valence-corrected chi connectivity index (χ0v) is 13.1.